The van der Waals surface area contributed by atoms with Gasteiger partial charge in [0.15, 0.2) is 9.84 Å². The van der Waals surface area contributed by atoms with Gasteiger partial charge in [-0.15, -0.1) is 0 Å². The minimum Gasteiger partial charge on any atom is -0.481 e. The van der Waals surface area contributed by atoms with Crippen molar-refractivity contribution in [2.75, 3.05) is 18.1 Å². The molecule has 0 aromatic rings. The maximum atomic E-state index is 11.6. The van der Waals surface area contributed by atoms with Crippen molar-refractivity contribution in [1.82, 2.24) is 10.6 Å². The Morgan fingerprint density at radius 2 is 2.14 bits per heavy atom. The molecule has 0 aromatic heterocycles. The molecule has 0 spiro atoms. The standard InChI is InChI=1S/C12H17N3O5S/c13-6-9(12(18)14-4-1-2-11(16)17)7-15-10-3-5-21(19,20)8-10/h7,10,15H,1-5,8H2,(H,14,18)(H,16,17)/b9-7-. The van der Waals surface area contributed by atoms with Gasteiger partial charge in [0.25, 0.3) is 5.91 Å². The summed E-state index contributed by atoms with van der Waals surface area (Å²) in [6, 6.07) is 1.42. The maximum absolute atomic E-state index is 11.6. The van der Waals surface area contributed by atoms with Crippen molar-refractivity contribution in [3.8, 4) is 6.07 Å². The van der Waals surface area contributed by atoms with Crippen LogP contribution in [0.4, 0.5) is 0 Å². The highest BCUT2D eigenvalue weighted by molar-refractivity contribution is 7.91. The zero-order valence-corrected chi connectivity index (χ0v) is 12.1. The topological polar surface area (TPSA) is 136 Å². The van der Waals surface area contributed by atoms with Crippen LogP contribution in [-0.4, -0.2) is 49.5 Å². The van der Waals surface area contributed by atoms with E-state index >= 15 is 0 Å². The second kappa shape index (κ2) is 7.64. The first-order valence-electron chi connectivity index (χ1n) is 6.41. The summed E-state index contributed by atoms with van der Waals surface area (Å²) in [6.07, 6.45) is 1.86. The predicted molar refractivity (Wildman–Crippen MR) is 73.8 cm³/mol. The van der Waals surface area contributed by atoms with Crippen LogP contribution in [0, 0.1) is 11.3 Å². The summed E-state index contributed by atoms with van der Waals surface area (Å²) in [7, 11) is -3.03. The van der Waals surface area contributed by atoms with Crippen molar-refractivity contribution in [1.29, 1.82) is 5.26 Å². The number of carbonyl (C=O) groups excluding carboxylic acids is 1. The van der Waals surface area contributed by atoms with E-state index in [1.165, 1.54) is 6.20 Å². The third-order valence-corrected chi connectivity index (χ3v) is 4.68. The molecule has 0 aliphatic carbocycles. The van der Waals surface area contributed by atoms with E-state index < -0.39 is 21.7 Å². The number of nitriles is 1. The first kappa shape index (κ1) is 17.0. The first-order chi connectivity index (χ1) is 9.84. The Kier molecular flexibility index (Phi) is 6.17. The van der Waals surface area contributed by atoms with E-state index in [2.05, 4.69) is 10.6 Å². The quantitative estimate of drug-likeness (QED) is 0.316. The molecule has 1 heterocycles. The summed E-state index contributed by atoms with van der Waals surface area (Å²) < 4.78 is 22.5. The highest BCUT2D eigenvalue weighted by Gasteiger charge is 2.27. The monoisotopic (exact) mass is 315 g/mol. The lowest BCUT2D eigenvalue weighted by molar-refractivity contribution is -0.137. The van der Waals surface area contributed by atoms with Crippen LogP contribution in [-0.2, 0) is 19.4 Å². The Balaban J connectivity index is 2.43. The van der Waals surface area contributed by atoms with Gasteiger partial charge in [-0.05, 0) is 12.8 Å². The Bertz CT molecular complexity index is 576. The van der Waals surface area contributed by atoms with E-state index in [-0.39, 0.29) is 42.5 Å². The van der Waals surface area contributed by atoms with Gasteiger partial charge in [0.05, 0.1) is 11.5 Å². The molecule has 0 bridgehead atoms. The number of nitrogens with one attached hydrogen (secondary N) is 2. The molecule has 1 aliphatic rings. The Morgan fingerprint density at radius 1 is 1.43 bits per heavy atom. The predicted octanol–water partition coefficient (Wildman–Crippen LogP) is -0.848. The SMILES string of the molecule is N#C/C(=C/NC1CCS(=O)(=O)C1)C(=O)NCCCC(=O)O. The average Bonchev–Trinajstić information content (AvgIpc) is 2.75. The van der Waals surface area contributed by atoms with Gasteiger partial charge in [0.2, 0.25) is 0 Å². The number of amides is 1. The second-order valence-electron chi connectivity index (χ2n) is 4.69. The third kappa shape index (κ3) is 6.27. The van der Waals surface area contributed by atoms with E-state index in [0.717, 1.165) is 0 Å². The number of aliphatic carboxylic acids is 1. The fourth-order valence-corrected chi connectivity index (χ4v) is 3.50. The Morgan fingerprint density at radius 3 is 2.67 bits per heavy atom. The molecule has 0 aromatic carbocycles. The normalized spacial score (nSPS) is 20.5. The van der Waals surface area contributed by atoms with Gasteiger partial charge in [-0.2, -0.15) is 5.26 Å². The molecule has 9 heteroatoms. The molecular weight excluding hydrogens is 298 g/mol. The smallest absolute Gasteiger partial charge is 0.303 e. The van der Waals surface area contributed by atoms with Crippen LogP contribution in [0.5, 0.6) is 0 Å². The molecule has 1 fully saturated rings. The van der Waals surface area contributed by atoms with Crippen molar-refractivity contribution in [3.05, 3.63) is 11.8 Å². The summed E-state index contributed by atoms with van der Waals surface area (Å²) in [4.78, 5) is 21.9. The van der Waals surface area contributed by atoms with Crippen LogP contribution < -0.4 is 10.6 Å². The van der Waals surface area contributed by atoms with Crippen LogP contribution in [0.15, 0.2) is 11.8 Å². The van der Waals surface area contributed by atoms with Crippen LogP contribution >= 0.6 is 0 Å². The lowest BCUT2D eigenvalue weighted by Gasteiger charge is -2.08. The fraction of sp³-hybridized carbons (Fsp3) is 0.583. The molecule has 116 valence electrons. The van der Waals surface area contributed by atoms with Crippen molar-refractivity contribution in [3.63, 3.8) is 0 Å². The van der Waals surface area contributed by atoms with E-state index in [4.69, 9.17) is 10.4 Å². The Labute approximate surface area is 122 Å². The van der Waals surface area contributed by atoms with Gasteiger partial charge >= 0.3 is 5.97 Å². The van der Waals surface area contributed by atoms with Gasteiger partial charge in [-0.3, -0.25) is 9.59 Å². The number of carbonyl (C=O) groups is 2. The molecule has 8 nitrogen and oxygen atoms in total. The number of rotatable bonds is 7. The number of hydrogen-bond donors (Lipinski definition) is 3. The minimum absolute atomic E-state index is 0.0115. The summed E-state index contributed by atoms with van der Waals surface area (Å²) in [5.74, 6) is -1.48. The number of hydrogen-bond acceptors (Lipinski definition) is 6. The highest BCUT2D eigenvalue weighted by Crippen LogP contribution is 2.11. The molecule has 1 saturated heterocycles. The van der Waals surface area contributed by atoms with Crippen molar-refractivity contribution < 1.29 is 23.1 Å². The van der Waals surface area contributed by atoms with E-state index in [0.29, 0.717) is 6.42 Å². The van der Waals surface area contributed by atoms with Crippen molar-refractivity contribution >= 4 is 21.7 Å². The highest BCUT2D eigenvalue weighted by atomic mass is 32.2. The zero-order valence-electron chi connectivity index (χ0n) is 11.3. The lowest BCUT2D eigenvalue weighted by atomic mass is 10.2. The van der Waals surface area contributed by atoms with Gasteiger partial charge in [0.1, 0.15) is 11.6 Å². The van der Waals surface area contributed by atoms with Gasteiger partial charge in [-0.25, -0.2) is 8.42 Å². The van der Waals surface area contributed by atoms with Crippen molar-refractivity contribution in [2.45, 2.75) is 25.3 Å². The van der Waals surface area contributed by atoms with Crippen molar-refractivity contribution in [2.24, 2.45) is 0 Å². The Hall–Kier alpha value is -2.08. The van der Waals surface area contributed by atoms with E-state index in [9.17, 15) is 18.0 Å². The molecule has 1 aliphatic heterocycles. The average molecular weight is 315 g/mol. The first-order valence-corrected chi connectivity index (χ1v) is 8.23. The van der Waals surface area contributed by atoms with Crippen LogP contribution in [0.1, 0.15) is 19.3 Å². The number of nitrogens with zero attached hydrogens (tertiary/aromatic N) is 1. The maximum Gasteiger partial charge on any atom is 0.303 e. The van der Waals surface area contributed by atoms with Crippen LogP contribution in [0.3, 0.4) is 0 Å². The van der Waals surface area contributed by atoms with E-state index in [1.807, 2.05) is 0 Å². The summed E-state index contributed by atoms with van der Waals surface area (Å²) in [5.41, 5.74) is -0.172. The zero-order chi connectivity index (χ0) is 15.9. The lowest BCUT2D eigenvalue weighted by Crippen LogP contribution is -2.30. The third-order valence-electron chi connectivity index (χ3n) is 2.91. The largest absolute Gasteiger partial charge is 0.481 e. The van der Waals surface area contributed by atoms with Crippen LogP contribution in [0.2, 0.25) is 0 Å². The van der Waals surface area contributed by atoms with Gasteiger partial charge < -0.3 is 15.7 Å². The van der Waals surface area contributed by atoms with Gasteiger partial charge in [0, 0.05) is 25.2 Å². The summed E-state index contributed by atoms with van der Waals surface area (Å²) >= 11 is 0. The molecule has 1 atom stereocenters. The number of sulfone groups is 1. The fourth-order valence-electron chi connectivity index (χ4n) is 1.81. The summed E-state index contributed by atoms with van der Waals surface area (Å²) in [5, 5.41) is 22.5. The number of carboxylic acid groups (broad SMARTS) is 1. The molecule has 3 N–H and O–H groups in total. The number of carboxylic acids is 1. The minimum atomic E-state index is -3.03. The molecule has 21 heavy (non-hydrogen) atoms. The molecule has 1 amide bonds. The second-order valence-corrected chi connectivity index (χ2v) is 6.92. The molecule has 0 radical (unpaired) electrons. The molecule has 1 unspecified atom stereocenters. The van der Waals surface area contributed by atoms with Crippen LogP contribution in [0.25, 0.3) is 0 Å². The molecular formula is C12H17N3O5S. The molecule has 1 rings (SSSR count). The van der Waals surface area contributed by atoms with Gasteiger partial charge in [-0.1, -0.05) is 0 Å². The summed E-state index contributed by atoms with van der Waals surface area (Å²) in [6.45, 7) is 0.155. The molecule has 0 saturated carbocycles. The van der Waals surface area contributed by atoms with E-state index in [1.54, 1.807) is 6.07 Å².